The molecular weight excluding hydrogens is 371 g/mol. The molecule has 0 amide bonds. The van der Waals surface area contributed by atoms with Gasteiger partial charge in [0.15, 0.2) is 0 Å². The van der Waals surface area contributed by atoms with E-state index < -0.39 is 18.3 Å². The summed E-state index contributed by atoms with van der Waals surface area (Å²) in [7, 11) is 0. The topological polar surface area (TPSA) is 66.5 Å². The Hall–Kier alpha value is -3.20. The highest BCUT2D eigenvalue weighted by atomic mass is 19.4. The largest absolute Gasteiger partial charge is 0.438 e. The molecular formula is C19H16F3N5O. The van der Waals surface area contributed by atoms with Crippen molar-refractivity contribution in [1.82, 2.24) is 15.0 Å². The number of aromatic nitrogens is 3. The van der Waals surface area contributed by atoms with Gasteiger partial charge in [0.2, 0.25) is 0 Å². The summed E-state index contributed by atoms with van der Waals surface area (Å²) in [5.41, 5.74) is -1.36. The van der Waals surface area contributed by atoms with Gasteiger partial charge < -0.3 is 5.11 Å². The molecule has 1 aliphatic heterocycles. The Labute approximate surface area is 158 Å². The summed E-state index contributed by atoms with van der Waals surface area (Å²) < 4.78 is 42.3. The molecule has 0 spiro atoms. The van der Waals surface area contributed by atoms with Crippen molar-refractivity contribution >= 4 is 11.4 Å². The third-order valence-electron chi connectivity index (χ3n) is 4.45. The summed E-state index contributed by atoms with van der Waals surface area (Å²) in [6.07, 6.45) is -3.92. The van der Waals surface area contributed by atoms with Gasteiger partial charge in [-0.05, 0) is 12.1 Å². The Balaban J connectivity index is 1.61. The number of anilines is 1. The minimum atomic E-state index is -4.88. The lowest BCUT2D eigenvalue weighted by atomic mass is 10.1. The number of nitrogens with zero attached hydrogens (tertiary/aromatic N) is 5. The maximum Gasteiger partial charge on any atom is 0.438 e. The zero-order chi connectivity index (χ0) is 19.8. The SMILES string of the molecule is OC1(C(F)(F)F)CC(Cn2cc(-c3ccccc3)nn2)=NN1c1ccccc1. The molecule has 1 aromatic heterocycles. The van der Waals surface area contributed by atoms with E-state index in [1.165, 1.54) is 16.8 Å². The summed E-state index contributed by atoms with van der Waals surface area (Å²) in [6, 6.07) is 17.1. The van der Waals surface area contributed by atoms with Gasteiger partial charge in [-0.25, -0.2) is 9.69 Å². The standard InChI is InChI=1S/C19H16F3N5O/c20-19(21,22)18(28)11-15(24-27(18)16-9-5-2-6-10-16)12-26-13-17(23-25-26)14-7-3-1-4-8-14/h1-10,13,28H,11-12H2. The van der Waals surface area contributed by atoms with Crippen LogP contribution in [0.2, 0.25) is 0 Å². The number of hydrazone groups is 1. The smallest absolute Gasteiger partial charge is 0.362 e. The van der Waals surface area contributed by atoms with Crippen LogP contribution in [-0.4, -0.2) is 37.7 Å². The van der Waals surface area contributed by atoms with Crippen LogP contribution >= 0.6 is 0 Å². The van der Waals surface area contributed by atoms with Crippen molar-refractivity contribution < 1.29 is 18.3 Å². The fraction of sp³-hybridized carbons (Fsp3) is 0.211. The van der Waals surface area contributed by atoms with Crippen LogP contribution in [0.1, 0.15) is 6.42 Å². The predicted octanol–water partition coefficient (Wildman–Crippen LogP) is 3.46. The maximum absolute atomic E-state index is 13.6. The summed E-state index contributed by atoms with van der Waals surface area (Å²) >= 11 is 0. The second kappa shape index (κ2) is 6.75. The quantitative estimate of drug-likeness (QED) is 0.745. The molecule has 9 heteroatoms. The number of hydrogen-bond donors (Lipinski definition) is 1. The van der Waals surface area contributed by atoms with Crippen molar-refractivity contribution in [2.75, 3.05) is 5.01 Å². The van der Waals surface area contributed by atoms with Crippen molar-refractivity contribution in [3.8, 4) is 11.3 Å². The van der Waals surface area contributed by atoms with Gasteiger partial charge in [-0.3, -0.25) is 0 Å². The monoisotopic (exact) mass is 387 g/mol. The van der Waals surface area contributed by atoms with E-state index >= 15 is 0 Å². The summed E-state index contributed by atoms with van der Waals surface area (Å²) in [6.45, 7) is -0.0123. The lowest BCUT2D eigenvalue weighted by Gasteiger charge is -2.34. The first kappa shape index (κ1) is 18.2. The predicted molar refractivity (Wildman–Crippen MR) is 97.4 cm³/mol. The van der Waals surface area contributed by atoms with E-state index in [4.69, 9.17) is 0 Å². The number of halogens is 3. The molecule has 0 bridgehead atoms. The molecule has 144 valence electrons. The molecule has 1 unspecified atom stereocenters. The molecule has 0 fully saturated rings. The zero-order valence-electron chi connectivity index (χ0n) is 14.6. The summed E-state index contributed by atoms with van der Waals surface area (Å²) in [4.78, 5) is 0. The Morgan fingerprint density at radius 2 is 1.64 bits per heavy atom. The van der Waals surface area contributed by atoms with Gasteiger partial charge in [-0.15, -0.1) is 5.10 Å². The molecule has 0 radical (unpaired) electrons. The molecule has 0 aliphatic carbocycles. The number of benzene rings is 2. The molecule has 1 N–H and O–H groups in total. The number of hydrogen-bond acceptors (Lipinski definition) is 5. The lowest BCUT2D eigenvalue weighted by Crippen LogP contribution is -2.55. The first-order valence-corrected chi connectivity index (χ1v) is 8.53. The summed E-state index contributed by atoms with van der Waals surface area (Å²) in [5, 5.41) is 23.1. The van der Waals surface area contributed by atoms with Crippen LogP contribution in [0.5, 0.6) is 0 Å². The van der Waals surface area contributed by atoms with E-state index in [2.05, 4.69) is 15.4 Å². The molecule has 28 heavy (non-hydrogen) atoms. The van der Waals surface area contributed by atoms with Crippen molar-refractivity contribution in [3.05, 3.63) is 66.9 Å². The van der Waals surface area contributed by atoms with Crippen molar-refractivity contribution in [1.29, 1.82) is 0 Å². The highest BCUT2D eigenvalue weighted by Gasteiger charge is 2.61. The van der Waals surface area contributed by atoms with Crippen molar-refractivity contribution in [2.45, 2.75) is 24.9 Å². The number of rotatable bonds is 4. The van der Waals surface area contributed by atoms with Gasteiger partial charge in [-0.2, -0.15) is 18.3 Å². The zero-order valence-corrected chi connectivity index (χ0v) is 14.6. The van der Waals surface area contributed by atoms with Crippen molar-refractivity contribution in [3.63, 3.8) is 0 Å². The molecule has 1 atom stereocenters. The second-order valence-corrected chi connectivity index (χ2v) is 6.47. The third kappa shape index (κ3) is 3.24. The summed E-state index contributed by atoms with van der Waals surface area (Å²) in [5.74, 6) is 0. The first-order chi connectivity index (χ1) is 13.4. The van der Waals surface area contributed by atoms with Crippen LogP contribution in [0.15, 0.2) is 72.0 Å². The molecule has 0 saturated heterocycles. The number of para-hydroxylation sites is 1. The van der Waals surface area contributed by atoms with Crippen molar-refractivity contribution in [2.24, 2.45) is 5.10 Å². The van der Waals surface area contributed by atoms with Crippen LogP contribution < -0.4 is 5.01 Å². The van der Waals surface area contributed by atoms with E-state index in [1.807, 2.05) is 30.3 Å². The lowest BCUT2D eigenvalue weighted by molar-refractivity contribution is -0.254. The molecule has 1 aliphatic rings. The fourth-order valence-electron chi connectivity index (χ4n) is 3.07. The molecule has 6 nitrogen and oxygen atoms in total. The first-order valence-electron chi connectivity index (χ1n) is 8.53. The van der Waals surface area contributed by atoms with Gasteiger partial charge >= 0.3 is 6.18 Å². The van der Waals surface area contributed by atoms with E-state index in [1.54, 1.807) is 24.4 Å². The van der Waals surface area contributed by atoms with Crippen LogP contribution in [0.25, 0.3) is 11.3 Å². The minimum absolute atomic E-state index is 0.0123. The minimum Gasteiger partial charge on any atom is -0.362 e. The van der Waals surface area contributed by atoms with Crippen LogP contribution in [0.3, 0.4) is 0 Å². The van der Waals surface area contributed by atoms with Crippen LogP contribution in [0.4, 0.5) is 18.9 Å². The average Bonchev–Trinajstić information content (AvgIpc) is 3.28. The van der Waals surface area contributed by atoms with Gasteiger partial charge in [0.1, 0.15) is 5.69 Å². The Morgan fingerprint density at radius 3 is 2.29 bits per heavy atom. The molecule has 4 rings (SSSR count). The van der Waals surface area contributed by atoms with Gasteiger partial charge in [0, 0.05) is 12.0 Å². The van der Waals surface area contributed by atoms with E-state index in [0.717, 1.165) is 5.56 Å². The number of aliphatic hydroxyl groups is 1. The molecule has 2 aromatic carbocycles. The Morgan fingerprint density at radius 1 is 1.00 bits per heavy atom. The van der Waals surface area contributed by atoms with Gasteiger partial charge in [0.25, 0.3) is 5.72 Å². The van der Waals surface area contributed by atoms with E-state index in [0.29, 0.717) is 10.7 Å². The maximum atomic E-state index is 13.6. The van der Waals surface area contributed by atoms with Gasteiger partial charge in [-0.1, -0.05) is 53.7 Å². The number of alkyl halides is 3. The molecule has 0 saturated carbocycles. The Bertz CT molecular complexity index is 988. The van der Waals surface area contributed by atoms with Gasteiger partial charge in [0.05, 0.1) is 24.1 Å². The highest BCUT2D eigenvalue weighted by Crippen LogP contribution is 2.42. The fourth-order valence-corrected chi connectivity index (χ4v) is 3.07. The van der Waals surface area contributed by atoms with E-state index in [-0.39, 0.29) is 17.9 Å². The molecule has 3 aromatic rings. The highest BCUT2D eigenvalue weighted by molar-refractivity contribution is 5.89. The second-order valence-electron chi connectivity index (χ2n) is 6.47. The normalized spacial score (nSPS) is 19.7. The van der Waals surface area contributed by atoms with E-state index in [9.17, 15) is 18.3 Å². The third-order valence-corrected chi connectivity index (χ3v) is 4.45. The Kier molecular flexibility index (Phi) is 4.38. The molecule has 2 heterocycles. The van der Waals surface area contributed by atoms with Crippen LogP contribution in [-0.2, 0) is 6.54 Å². The average molecular weight is 387 g/mol. The van der Waals surface area contributed by atoms with Crippen LogP contribution in [0, 0.1) is 0 Å².